The average Bonchev–Trinajstić information content (AvgIpc) is 2.04. The fourth-order valence-electron chi connectivity index (χ4n) is 0.903. The highest BCUT2D eigenvalue weighted by Crippen LogP contribution is 2.13. The van der Waals surface area contributed by atoms with Crippen LogP contribution in [0.5, 0.6) is 0 Å². The lowest BCUT2D eigenvalue weighted by Crippen LogP contribution is -2.27. The van der Waals surface area contributed by atoms with Gasteiger partial charge in [-0.25, -0.2) is 8.42 Å². The summed E-state index contributed by atoms with van der Waals surface area (Å²) in [5, 5.41) is -1.10. The summed E-state index contributed by atoms with van der Waals surface area (Å²) in [4.78, 5) is 0.223. The number of aryl methyl sites for hydroxylation is 1. The van der Waals surface area contributed by atoms with E-state index >= 15 is 0 Å². The monoisotopic (exact) mass is 198 g/mol. The Kier molecular flexibility index (Phi) is 2.73. The van der Waals surface area contributed by atoms with Gasteiger partial charge in [0.15, 0.2) is 9.84 Å². The lowest BCUT2D eigenvalue weighted by molar-refractivity contribution is 0.589. The Balaban J connectivity index is 3.17. The van der Waals surface area contributed by atoms with Gasteiger partial charge in [-0.3, -0.25) is 0 Å². The van der Waals surface area contributed by atoms with Crippen LogP contribution in [0.1, 0.15) is 5.56 Å². The molecule has 13 heavy (non-hydrogen) atoms. The van der Waals surface area contributed by atoms with Gasteiger partial charge in [-0.2, -0.15) is 0 Å². The lowest BCUT2D eigenvalue weighted by atomic mass is 10.2. The van der Waals surface area contributed by atoms with Gasteiger partial charge in [0.1, 0.15) is 5.37 Å². The van der Waals surface area contributed by atoms with Crippen LogP contribution in [0.2, 0.25) is 0 Å². The van der Waals surface area contributed by atoms with Crippen LogP contribution in [0.4, 0.5) is 0 Å². The van der Waals surface area contributed by atoms with Crippen molar-refractivity contribution in [3.05, 3.63) is 36.8 Å². The molecule has 0 aromatic heterocycles. The summed E-state index contributed by atoms with van der Waals surface area (Å²) in [5.41, 5.74) is 6.25. The van der Waals surface area contributed by atoms with Crippen molar-refractivity contribution < 1.29 is 8.42 Å². The second-order valence-corrected chi connectivity index (χ2v) is 5.06. The highest BCUT2D eigenvalue weighted by Gasteiger charge is 2.18. The SMILES string of the molecule is [CH2]C(N)S(=O)(=O)c1ccc(C)cc1. The zero-order valence-corrected chi connectivity index (χ0v) is 8.21. The minimum Gasteiger partial charge on any atom is -0.315 e. The van der Waals surface area contributed by atoms with Crippen molar-refractivity contribution in [1.82, 2.24) is 0 Å². The molecule has 0 bridgehead atoms. The third-order valence-electron chi connectivity index (χ3n) is 1.75. The van der Waals surface area contributed by atoms with Crippen LogP contribution in [-0.4, -0.2) is 13.8 Å². The van der Waals surface area contributed by atoms with Gasteiger partial charge < -0.3 is 5.73 Å². The van der Waals surface area contributed by atoms with Gasteiger partial charge >= 0.3 is 0 Å². The number of rotatable bonds is 2. The minimum absolute atomic E-state index is 0.223. The first-order chi connectivity index (χ1) is 5.94. The van der Waals surface area contributed by atoms with Gasteiger partial charge in [0.25, 0.3) is 0 Å². The zero-order valence-electron chi connectivity index (χ0n) is 7.40. The number of sulfone groups is 1. The molecule has 1 rings (SSSR count). The Morgan fingerprint density at radius 3 is 2.15 bits per heavy atom. The van der Waals surface area contributed by atoms with Crippen LogP contribution in [0.15, 0.2) is 29.2 Å². The predicted molar refractivity (Wildman–Crippen MR) is 51.7 cm³/mol. The van der Waals surface area contributed by atoms with Gasteiger partial charge in [0, 0.05) is 0 Å². The molecule has 4 heteroatoms. The maximum Gasteiger partial charge on any atom is 0.193 e. The molecule has 0 aliphatic heterocycles. The molecule has 1 radical (unpaired) electrons. The fraction of sp³-hybridized carbons (Fsp3) is 0.222. The molecular weight excluding hydrogens is 186 g/mol. The number of nitrogens with two attached hydrogens (primary N) is 1. The van der Waals surface area contributed by atoms with E-state index in [1.54, 1.807) is 12.1 Å². The standard InChI is InChI=1S/C9H12NO2S/c1-7-3-5-9(6-4-7)13(11,12)8(2)10/h3-6,8H,2,10H2,1H3. The van der Waals surface area contributed by atoms with Crippen molar-refractivity contribution in [3.8, 4) is 0 Å². The van der Waals surface area contributed by atoms with Gasteiger partial charge in [0.05, 0.1) is 4.90 Å². The van der Waals surface area contributed by atoms with Gasteiger partial charge in [-0.15, -0.1) is 0 Å². The van der Waals surface area contributed by atoms with Crippen molar-refractivity contribution in [2.75, 3.05) is 0 Å². The summed E-state index contributed by atoms with van der Waals surface area (Å²) in [6, 6.07) is 6.54. The van der Waals surface area contributed by atoms with Crippen molar-refractivity contribution in [2.45, 2.75) is 17.2 Å². The first-order valence-corrected chi connectivity index (χ1v) is 5.38. The first kappa shape index (κ1) is 10.2. The molecule has 1 atom stereocenters. The van der Waals surface area contributed by atoms with E-state index in [-0.39, 0.29) is 4.90 Å². The summed E-state index contributed by atoms with van der Waals surface area (Å²) in [6.45, 7) is 5.19. The molecule has 0 aliphatic rings. The van der Waals surface area contributed by atoms with E-state index in [0.717, 1.165) is 5.56 Å². The van der Waals surface area contributed by atoms with E-state index in [9.17, 15) is 8.42 Å². The Bertz CT molecular complexity index is 379. The Morgan fingerprint density at radius 2 is 1.77 bits per heavy atom. The molecule has 0 saturated carbocycles. The lowest BCUT2D eigenvalue weighted by Gasteiger charge is -2.07. The van der Waals surface area contributed by atoms with Gasteiger partial charge in [0.2, 0.25) is 0 Å². The molecule has 0 aliphatic carbocycles. The van der Waals surface area contributed by atoms with E-state index in [1.807, 2.05) is 6.92 Å². The molecule has 1 aromatic rings. The third kappa shape index (κ3) is 2.08. The molecule has 3 nitrogen and oxygen atoms in total. The van der Waals surface area contributed by atoms with Crippen molar-refractivity contribution in [2.24, 2.45) is 5.73 Å². The number of hydrogen-bond acceptors (Lipinski definition) is 3. The largest absolute Gasteiger partial charge is 0.315 e. The third-order valence-corrected chi connectivity index (χ3v) is 3.47. The molecule has 71 valence electrons. The molecule has 1 aromatic carbocycles. The summed E-state index contributed by atoms with van der Waals surface area (Å²) < 4.78 is 22.9. The van der Waals surface area contributed by atoms with Crippen molar-refractivity contribution >= 4 is 9.84 Å². The molecule has 0 heterocycles. The molecule has 0 spiro atoms. The van der Waals surface area contributed by atoms with Crippen molar-refractivity contribution in [1.29, 1.82) is 0 Å². The van der Waals surface area contributed by atoms with E-state index in [1.165, 1.54) is 12.1 Å². The van der Waals surface area contributed by atoms with E-state index in [0.29, 0.717) is 0 Å². The molecule has 1 unspecified atom stereocenters. The summed E-state index contributed by atoms with van der Waals surface area (Å²) in [5.74, 6) is 0. The Hall–Kier alpha value is -0.870. The van der Waals surface area contributed by atoms with Crippen LogP contribution >= 0.6 is 0 Å². The minimum atomic E-state index is -3.43. The zero-order chi connectivity index (χ0) is 10.1. The van der Waals surface area contributed by atoms with Crippen LogP contribution in [0, 0.1) is 13.8 Å². The summed E-state index contributed by atoms with van der Waals surface area (Å²) >= 11 is 0. The second kappa shape index (κ2) is 3.47. The molecule has 2 N–H and O–H groups in total. The topological polar surface area (TPSA) is 60.2 Å². The molecule has 0 fully saturated rings. The van der Waals surface area contributed by atoms with Crippen LogP contribution < -0.4 is 5.73 Å². The summed E-state index contributed by atoms with van der Waals surface area (Å²) in [7, 11) is -3.43. The quantitative estimate of drug-likeness (QED) is 0.767. The van der Waals surface area contributed by atoms with E-state index in [2.05, 4.69) is 6.92 Å². The number of hydrogen-bond donors (Lipinski definition) is 1. The van der Waals surface area contributed by atoms with E-state index in [4.69, 9.17) is 5.73 Å². The molecular formula is C9H12NO2S. The van der Waals surface area contributed by atoms with Crippen LogP contribution in [0.3, 0.4) is 0 Å². The van der Waals surface area contributed by atoms with Crippen LogP contribution in [0.25, 0.3) is 0 Å². The smallest absolute Gasteiger partial charge is 0.193 e. The Morgan fingerprint density at radius 1 is 1.31 bits per heavy atom. The summed E-state index contributed by atoms with van der Waals surface area (Å²) in [6.07, 6.45) is 0. The van der Waals surface area contributed by atoms with Gasteiger partial charge in [-0.05, 0) is 26.0 Å². The second-order valence-electron chi connectivity index (χ2n) is 2.90. The molecule has 0 amide bonds. The maximum atomic E-state index is 11.5. The number of benzene rings is 1. The fourth-order valence-corrected chi connectivity index (χ4v) is 1.77. The average molecular weight is 198 g/mol. The highest BCUT2D eigenvalue weighted by atomic mass is 32.2. The Labute approximate surface area is 78.5 Å². The van der Waals surface area contributed by atoms with Gasteiger partial charge in [-0.1, -0.05) is 17.7 Å². The maximum absolute atomic E-state index is 11.5. The predicted octanol–water partition coefficient (Wildman–Crippen LogP) is 0.888. The van der Waals surface area contributed by atoms with Crippen LogP contribution in [-0.2, 0) is 9.84 Å². The normalized spacial score (nSPS) is 14.1. The highest BCUT2D eigenvalue weighted by molar-refractivity contribution is 7.92. The first-order valence-electron chi connectivity index (χ1n) is 3.84. The van der Waals surface area contributed by atoms with Crippen molar-refractivity contribution in [3.63, 3.8) is 0 Å². The van der Waals surface area contributed by atoms with E-state index < -0.39 is 15.2 Å². The molecule has 0 saturated heterocycles.